The number of aliphatic carboxylic acids is 1. The van der Waals surface area contributed by atoms with Crippen molar-refractivity contribution in [2.75, 3.05) is 6.54 Å². The topological polar surface area (TPSA) is 107 Å². The Bertz CT molecular complexity index is 471. The normalized spacial score (nSPS) is 13.5. The Kier molecular flexibility index (Phi) is 6.84. The van der Waals surface area contributed by atoms with Crippen LogP contribution in [0.15, 0.2) is 24.3 Å². The van der Waals surface area contributed by atoms with Crippen molar-refractivity contribution < 1.29 is 24.9 Å². The lowest BCUT2D eigenvalue weighted by atomic mass is 10.0. The zero-order chi connectivity index (χ0) is 15.8. The molecular formula is C15H21NO5. The molecule has 0 aliphatic carbocycles. The molecule has 2 unspecified atom stereocenters. The third-order valence-corrected chi connectivity index (χ3v) is 3.10. The van der Waals surface area contributed by atoms with Gasteiger partial charge in [0.1, 0.15) is 12.2 Å². The lowest BCUT2D eigenvalue weighted by Crippen LogP contribution is -2.34. The van der Waals surface area contributed by atoms with Crippen LogP contribution >= 0.6 is 0 Å². The van der Waals surface area contributed by atoms with E-state index in [4.69, 9.17) is 5.11 Å². The van der Waals surface area contributed by atoms with E-state index in [0.717, 1.165) is 5.56 Å². The van der Waals surface area contributed by atoms with E-state index < -0.39 is 18.2 Å². The minimum absolute atomic E-state index is 0.0170. The first-order valence-electron chi connectivity index (χ1n) is 6.81. The molecule has 0 aliphatic rings. The summed E-state index contributed by atoms with van der Waals surface area (Å²) in [4.78, 5) is 21.2. The SMILES string of the molecule is CC(=O)NCC(O)C(O)c1ccc(CCCC(=O)O)cc1. The molecule has 0 fully saturated rings. The fourth-order valence-electron chi connectivity index (χ4n) is 1.91. The highest BCUT2D eigenvalue weighted by Gasteiger charge is 2.18. The molecule has 1 rings (SSSR count). The van der Waals surface area contributed by atoms with Gasteiger partial charge in [0.15, 0.2) is 0 Å². The van der Waals surface area contributed by atoms with Crippen molar-refractivity contribution in [3.8, 4) is 0 Å². The first-order valence-corrected chi connectivity index (χ1v) is 6.81. The maximum atomic E-state index is 10.8. The first-order chi connectivity index (χ1) is 9.90. The number of benzene rings is 1. The van der Waals surface area contributed by atoms with Crippen LogP contribution in [0.25, 0.3) is 0 Å². The van der Waals surface area contributed by atoms with Gasteiger partial charge in [-0.05, 0) is 24.0 Å². The van der Waals surface area contributed by atoms with Gasteiger partial charge in [-0.15, -0.1) is 0 Å². The molecule has 4 N–H and O–H groups in total. The van der Waals surface area contributed by atoms with E-state index in [1.807, 2.05) is 0 Å². The zero-order valence-electron chi connectivity index (χ0n) is 12.0. The average Bonchev–Trinajstić information content (AvgIpc) is 2.44. The summed E-state index contributed by atoms with van der Waals surface area (Å²) >= 11 is 0. The predicted molar refractivity (Wildman–Crippen MR) is 76.7 cm³/mol. The molecule has 116 valence electrons. The minimum Gasteiger partial charge on any atom is -0.481 e. The maximum Gasteiger partial charge on any atom is 0.303 e. The number of carboxylic acid groups (broad SMARTS) is 1. The second kappa shape index (κ2) is 8.39. The summed E-state index contributed by atoms with van der Waals surface area (Å²) < 4.78 is 0. The van der Waals surface area contributed by atoms with E-state index in [-0.39, 0.29) is 18.9 Å². The van der Waals surface area contributed by atoms with Gasteiger partial charge in [-0.2, -0.15) is 0 Å². The van der Waals surface area contributed by atoms with Crippen LogP contribution in [0, 0.1) is 0 Å². The summed E-state index contributed by atoms with van der Waals surface area (Å²) in [5, 5.41) is 30.7. The Morgan fingerprint density at radius 1 is 1.19 bits per heavy atom. The van der Waals surface area contributed by atoms with Crippen LogP contribution in [0.5, 0.6) is 0 Å². The smallest absolute Gasteiger partial charge is 0.303 e. The molecule has 21 heavy (non-hydrogen) atoms. The molecule has 0 aromatic heterocycles. The number of carboxylic acids is 1. The highest BCUT2D eigenvalue weighted by molar-refractivity contribution is 5.72. The van der Waals surface area contributed by atoms with Crippen LogP contribution in [0.4, 0.5) is 0 Å². The summed E-state index contributed by atoms with van der Waals surface area (Å²) in [6.07, 6.45) is -0.823. The van der Waals surface area contributed by atoms with Crippen molar-refractivity contribution in [2.24, 2.45) is 0 Å². The van der Waals surface area contributed by atoms with E-state index in [0.29, 0.717) is 18.4 Å². The monoisotopic (exact) mass is 295 g/mol. The number of aliphatic hydroxyl groups excluding tert-OH is 2. The van der Waals surface area contributed by atoms with Gasteiger partial charge in [-0.3, -0.25) is 9.59 Å². The second-order valence-corrected chi connectivity index (χ2v) is 4.94. The Morgan fingerprint density at radius 3 is 2.33 bits per heavy atom. The number of amides is 1. The number of hydrogen-bond acceptors (Lipinski definition) is 4. The molecule has 2 atom stereocenters. The molecule has 1 aromatic rings. The Balaban J connectivity index is 2.52. The van der Waals surface area contributed by atoms with Crippen molar-refractivity contribution in [2.45, 2.75) is 38.4 Å². The predicted octanol–water partition coefficient (Wildman–Crippen LogP) is 0.624. The van der Waals surface area contributed by atoms with Crippen molar-refractivity contribution in [3.63, 3.8) is 0 Å². The standard InChI is InChI=1S/C15H21NO5/c1-10(17)16-9-13(18)15(21)12-7-5-11(6-8-12)3-2-4-14(19)20/h5-8,13,15,18,21H,2-4,9H2,1H3,(H,16,17)(H,19,20). The summed E-state index contributed by atoms with van der Waals surface area (Å²) in [5.74, 6) is -1.09. The molecule has 0 radical (unpaired) electrons. The quantitative estimate of drug-likeness (QED) is 0.562. The van der Waals surface area contributed by atoms with Crippen molar-refractivity contribution in [1.82, 2.24) is 5.32 Å². The molecule has 1 amide bonds. The molecular weight excluding hydrogens is 274 g/mol. The van der Waals surface area contributed by atoms with Gasteiger partial charge >= 0.3 is 5.97 Å². The van der Waals surface area contributed by atoms with E-state index in [9.17, 15) is 19.8 Å². The minimum atomic E-state index is -1.08. The zero-order valence-corrected chi connectivity index (χ0v) is 12.0. The lowest BCUT2D eigenvalue weighted by molar-refractivity contribution is -0.137. The van der Waals surface area contributed by atoms with Gasteiger partial charge < -0.3 is 20.6 Å². The highest BCUT2D eigenvalue weighted by atomic mass is 16.4. The Morgan fingerprint density at radius 2 is 1.81 bits per heavy atom. The molecule has 0 heterocycles. The van der Waals surface area contributed by atoms with Gasteiger partial charge in [0, 0.05) is 19.9 Å². The van der Waals surface area contributed by atoms with Crippen LogP contribution in [0.2, 0.25) is 0 Å². The fourth-order valence-corrected chi connectivity index (χ4v) is 1.91. The maximum absolute atomic E-state index is 10.8. The van der Waals surface area contributed by atoms with Crippen LogP contribution in [-0.2, 0) is 16.0 Å². The number of carbonyl (C=O) groups is 2. The summed E-state index contributed by atoms with van der Waals surface area (Å²) in [6, 6.07) is 6.98. The van der Waals surface area contributed by atoms with Crippen LogP contribution in [0.3, 0.4) is 0 Å². The molecule has 0 spiro atoms. The third kappa shape index (κ3) is 6.37. The van der Waals surface area contributed by atoms with Crippen molar-refractivity contribution in [1.29, 1.82) is 0 Å². The van der Waals surface area contributed by atoms with E-state index >= 15 is 0 Å². The van der Waals surface area contributed by atoms with Crippen LogP contribution in [0.1, 0.15) is 37.0 Å². The van der Waals surface area contributed by atoms with Crippen molar-refractivity contribution >= 4 is 11.9 Å². The second-order valence-electron chi connectivity index (χ2n) is 4.94. The molecule has 0 saturated carbocycles. The van der Waals surface area contributed by atoms with Crippen LogP contribution < -0.4 is 5.32 Å². The van der Waals surface area contributed by atoms with Gasteiger partial charge in [0.05, 0.1) is 0 Å². The number of aliphatic hydroxyl groups is 2. The van der Waals surface area contributed by atoms with Crippen molar-refractivity contribution in [3.05, 3.63) is 35.4 Å². The summed E-state index contributed by atoms with van der Waals surface area (Å²) in [7, 11) is 0. The largest absolute Gasteiger partial charge is 0.481 e. The number of carbonyl (C=O) groups excluding carboxylic acids is 1. The average molecular weight is 295 g/mol. The van der Waals surface area contributed by atoms with Gasteiger partial charge in [-0.1, -0.05) is 24.3 Å². The van der Waals surface area contributed by atoms with Gasteiger partial charge in [0.25, 0.3) is 0 Å². The van der Waals surface area contributed by atoms with Crippen LogP contribution in [-0.4, -0.2) is 39.8 Å². The summed E-state index contributed by atoms with van der Waals surface area (Å²) in [6.45, 7) is 1.32. The van der Waals surface area contributed by atoms with E-state index in [1.54, 1.807) is 24.3 Å². The third-order valence-electron chi connectivity index (χ3n) is 3.10. The molecule has 6 heteroatoms. The molecule has 0 saturated heterocycles. The van der Waals surface area contributed by atoms with Gasteiger partial charge in [0.2, 0.25) is 5.91 Å². The Labute approximate surface area is 123 Å². The number of rotatable bonds is 8. The highest BCUT2D eigenvalue weighted by Crippen LogP contribution is 2.18. The van der Waals surface area contributed by atoms with E-state index in [1.165, 1.54) is 6.92 Å². The molecule has 6 nitrogen and oxygen atoms in total. The number of nitrogens with one attached hydrogen (secondary N) is 1. The number of hydrogen-bond donors (Lipinski definition) is 4. The first kappa shape index (κ1) is 17.1. The fraction of sp³-hybridized carbons (Fsp3) is 0.467. The number of aryl methyl sites for hydroxylation is 1. The lowest BCUT2D eigenvalue weighted by Gasteiger charge is -2.18. The Hall–Kier alpha value is -1.92. The molecule has 0 bridgehead atoms. The summed E-state index contributed by atoms with van der Waals surface area (Å²) in [5.41, 5.74) is 1.53. The van der Waals surface area contributed by atoms with Gasteiger partial charge in [-0.25, -0.2) is 0 Å². The molecule has 1 aromatic carbocycles. The molecule has 0 aliphatic heterocycles. The van der Waals surface area contributed by atoms with E-state index in [2.05, 4.69) is 5.32 Å².